The van der Waals surface area contributed by atoms with Crippen molar-refractivity contribution in [3.05, 3.63) is 78.1 Å². The summed E-state index contributed by atoms with van der Waals surface area (Å²) < 4.78 is 5.84. The Morgan fingerprint density at radius 3 is 2.21 bits per heavy atom. The van der Waals surface area contributed by atoms with Gasteiger partial charge in [0.1, 0.15) is 11.6 Å². The predicted octanol–water partition coefficient (Wildman–Crippen LogP) is 8.25. The first-order valence-corrected chi connectivity index (χ1v) is 18.1. The van der Waals surface area contributed by atoms with E-state index in [0.717, 1.165) is 67.3 Å². The number of fused-ring (bicyclic) bond motifs is 1. The highest BCUT2D eigenvalue weighted by Gasteiger charge is 2.23. The molecule has 8 heteroatoms. The van der Waals surface area contributed by atoms with E-state index in [9.17, 15) is 0 Å². The first-order chi connectivity index (χ1) is 22.9. The number of aryl methyl sites for hydroxylation is 1. The Balaban J connectivity index is 0.000000498. The number of ether oxygens (including phenoxy) is 1. The van der Waals surface area contributed by atoms with Crippen molar-refractivity contribution >= 4 is 11.5 Å². The standard InChI is InChI=1S/C28H39N5O.C6H13N.C3H6O.C2H6/c1-21(30-22-12-6-4-7-13-22)20-33(3)28-24-16-10-17-25(24)31-27(32-28)26(29-2)18-11-19-34-23-14-8-5-9-15-23;7-6-4-2-1-3-5-6;1-2-3-4;1-2/h5,8-9,14-15,18,22,29-30H,1,4,6-7,10-13,16-17,19-20H2,2-3H3;6H,1-5,7H2;2-4H,1H3;1-2H3/b26-18-;;3-2+;. The third kappa shape index (κ3) is 14.8. The highest BCUT2D eigenvalue weighted by Crippen LogP contribution is 2.30. The van der Waals surface area contributed by atoms with Gasteiger partial charge in [-0.1, -0.05) is 89.3 Å². The molecule has 0 saturated heterocycles. The molecule has 0 aliphatic heterocycles. The number of hydrogen-bond donors (Lipinski definition) is 4. The minimum absolute atomic E-state index is 0.536. The number of likely N-dealkylation sites (N-methyl/N-ethyl adjacent to an activating group) is 1. The van der Waals surface area contributed by atoms with Gasteiger partial charge in [-0.15, -0.1) is 0 Å². The molecule has 5 N–H and O–H groups in total. The van der Waals surface area contributed by atoms with Crippen LogP contribution >= 0.6 is 0 Å². The van der Waals surface area contributed by atoms with Crippen molar-refractivity contribution in [3.8, 4) is 5.75 Å². The number of aliphatic hydroxyl groups excluding tert-OH is 1. The lowest BCUT2D eigenvalue weighted by molar-refractivity contribution is 0.325. The number of anilines is 1. The molecule has 0 radical (unpaired) electrons. The molecule has 8 nitrogen and oxygen atoms in total. The Bertz CT molecular complexity index is 1180. The minimum Gasteiger partial charge on any atom is -0.516 e. The van der Waals surface area contributed by atoms with Crippen molar-refractivity contribution in [2.75, 3.05) is 32.1 Å². The molecule has 2 aromatic rings. The van der Waals surface area contributed by atoms with E-state index in [1.54, 1.807) is 13.0 Å². The lowest BCUT2D eigenvalue weighted by atomic mass is 9.95. The molecule has 2 saturated carbocycles. The van der Waals surface area contributed by atoms with Gasteiger partial charge in [-0.05, 0) is 64.0 Å². The normalized spacial score (nSPS) is 16.3. The number of aliphatic hydroxyl groups is 1. The fourth-order valence-electron chi connectivity index (χ4n) is 6.13. The van der Waals surface area contributed by atoms with E-state index >= 15 is 0 Å². The van der Waals surface area contributed by atoms with Crippen molar-refractivity contribution in [2.45, 2.75) is 123 Å². The number of nitrogens with two attached hydrogens (primary N) is 1. The summed E-state index contributed by atoms with van der Waals surface area (Å²) in [6.07, 6.45) is 21.8. The van der Waals surface area contributed by atoms with Crippen LogP contribution < -0.4 is 26.0 Å². The maximum absolute atomic E-state index is 7.69. The molecule has 262 valence electrons. The molecule has 1 aromatic carbocycles. The highest BCUT2D eigenvalue weighted by molar-refractivity contribution is 5.62. The zero-order valence-corrected chi connectivity index (χ0v) is 30.1. The quantitative estimate of drug-likeness (QED) is 0.143. The lowest BCUT2D eigenvalue weighted by Crippen LogP contribution is -2.35. The molecule has 2 fully saturated rings. The molecule has 5 rings (SSSR count). The number of hydrogen-bond acceptors (Lipinski definition) is 8. The van der Waals surface area contributed by atoms with Gasteiger partial charge in [0.25, 0.3) is 0 Å². The number of para-hydroxylation sites is 1. The molecule has 0 amide bonds. The zero-order chi connectivity index (χ0) is 34.3. The maximum Gasteiger partial charge on any atom is 0.177 e. The van der Waals surface area contributed by atoms with E-state index in [1.807, 2.05) is 51.2 Å². The SMILES string of the molecule is C/C=C/O.C=C(CN(C)c1nc(/C(=C/CCOc2ccccc2)NC)nc2c1CCC2)NC1CCCCC1.CC.NC1CCCCC1. The van der Waals surface area contributed by atoms with Crippen LogP contribution in [-0.4, -0.2) is 54.4 Å². The van der Waals surface area contributed by atoms with Crippen LogP contribution in [0, 0.1) is 0 Å². The van der Waals surface area contributed by atoms with E-state index < -0.39 is 0 Å². The van der Waals surface area contributed by atoms with Crippen molar-refractivity contribution in [2.24, 2.45) is 5.73 Å². The molecule has 1 heterocycles. The average Bonchev–Trinajstić information content (AvgIpc) is 3.59. The third-order valence-corrected chi connectivity index (χ3v) is 8.50. The summed E-state index contributed by atoms with van der Waals surface area (Å²) in [5, 5.41) is 14.7. The molecule has 1 aromatic heterocycles. The summed E-state index contributed by atoms with van der Waals surface area (Å²) in [4.78, 5) is 12.2. The van der Waals surface area contributed by atoms with Crippen molar-refractivity contribution < 1.29 is 9.84 Å². The van der Waals surface area contributed by atoms with Gasteiger partial charge < -0.3 is 31.1 Å². The Morgan fingerprint density at radius 2 is 1.64 bits per heavy atom. The second-order valence-electron chi connectivity index (χ2n) is 12.3. The molecule has 3 aliphatic rings. The molecule has 0 bridgehead atoms. The van der Waals surface area contributed by atoms with Crippen molar-refractivity contribution in [1.82, 2.24) is 20.6 Å². The minimum atomic E-state index is 0.536. The van der Waals surface area contributed by atoms with Crippen LogP contribution in [-0.2, 0) is 12.8 Å². The van der Waals surface area contributed by atoms with E-state index in [-0.39, 0.29) is 0 Å². The topological polar surface area (TPSA) is 109 Å². The first kappa shape index (κ1) is 39.7. The van der Waals surface area contributed by atoms with Gasteiger partial charge in [0.2, 0.25) is 0 Å². The predicted molar refractivity (Wildman–Crippen MR) is 200 cm³/mol. The number of benzene rings is 1. The van der Waals surface area contributed by atoms with Gasteiger partial charge in [0.05, 0.1) is 25.1 Å². The van der Waals surface area contributed by atoms with Crippen LogP contribution in [0.5, 0.6) is 5.75 Å². The molecule has 0 spiro atoms. The zero-order valence-electron chi connectivity index (χ0n) is 30.1. The van der Waals surface area contributed by atoms with Gasteiger partial charge in [0.15, 0.2) is 5.82 Å². The van der Waals surface area contributed by atoms with Crippen LogP contribution in [0.4, 0.5) is 5.82 Å². The van der Waals surface area contributed by atoms with Gasteiger partial charge >= 0.3 is 0 Å². The second-order valence-corrected chi connectivity index (χ2v) is 12.3. The van der Waals surface area contributed by atoms with Crippen LogP contribution in [0.2, 0.25) is 0 Å². The highest BCUT2D eigenvalue weighted by atomic mass is 16.5. The van der Waals surface area contributed by atoms with E-state index in [2.05, 4.69) is 35.2 Å². The summed E-state index contributed by atoms with van der Waals surface area (Å²) in [5.41, 5.74) is 10.1. The molecule has 0 atom stereocenters. The number of rotatable bonds is 11. The largest absolute Gasteiger partial charge is 0.516 e. The summed E-state index contributed by atoms with van der Waals surface area (Å²) in [5.74, 6) is 2.68. The van der Waals surface area contributed by atoms with Crippen LogP contribution in [0.3, 0.4) is 0 Å². The van der Waals surface area contributed by atoms with Gasteiger partial charge in [-0.3, -0.25) is 0 Å². The molecular weight excluding hydrogens is 584 g/mol. The van der Waals surface area contributed by atoms with E-state index in [4.69, 9.17) is 25.5 Å². The van der Waals surface area contributed by atoms with Crippen LogP contribution in [0.1, 0.15) is 115 Å². The Hall–Kier alpha value is -3.52. The Labute approximate surface area is 286 Å². The molecule has 0 unspecified atom stereocenters. The Kier molecular flexibility index (Phi) is 20.0. The number of allylic oxidation sites excluding steroid dienone is 1. The van der Waals surface area contributed by atoms with Crippen LogP contribution in [0.25, 0.3) is 5.70 Å². The summed E-state index contributed by atoms with van der Waals surface area (Å²) in [7, 11) is 4.05. The number of aromatic nitrogens is 2. The third-order valence-electron chi connectivity index (χ3n) is 8.50. The number of nitrogens with one attached hydrogen (secondary N) is 2. The van der Waals surface area contributed by atoms with Gasteiger partial charge in [-0.2, -0.15) is 0 Å². The summed E-state index contributed by atoms with van der Waals surface area (Å²) in [6.45, 7) is 11.4. The lowest BCUT2D eigenvalue weighted by Gasteiger charge is -2.28. The van der Waals surface area contributed by atoms with Gasteiger partial charge in [0, 0.05) is 49.6 Å². The monoisotopic (exact) mass is 649 g/mol. The first-order valence-electron chi connectivity index (χ1n) is 18.1. The second kappa shape index (κ2) is 23.7. The molecular formula is C39H64N6O2. The van der Waals surface area contributed by atoms with Crippen LogP contribution in [0.15, 0.2) is 61.0 Å². The maximum atomic E-state index is 7.69. The number of nitrogens with zero attached hydrogens (tertiary/aromatic N) is 3. The van der Waals surface area contributed by atoms with Gasteiger partial charge in [-0.25, -0.2) is 9.97 Å². The Morgan fingerprint density at radius 1 is 1.00 bits per heavy atom. The molecule has 3 aliphatic carbocycles. The average molecular weight is 649 g/mol. The van der Waals surface area contributed by atoms with E-state index in [1.165, 1.54) is 75.5 Å². The van der Waals surface area contributed by atoms with E-state index in [0.29, 0.717) is 18.7 Å². The fraction of sp³-hybridized carbons (Fsp3) is 0.590. The van der Waals surface area contributed by atoms with Crippen molar-refractivity contribution in [3.63, 3.8) is 0 Å². The molecule has 47 heavy (non-hydrogen) atoms. The summed E-state index contributed by atoms with van der Waals surface area (Å²) >= 11 is 0. The summed E-state index contributed by atoms with van der Waals surface area (Å²) in [6, 6.07) is 11.0. The smallest absolute Gasteiger partial charge is 0.177 e. The fourth-order valence-corrected chi connectivity index (χ4v) is 6.13. The van der Waals surface area contributed by atoms with Crippen molar-refractivity contribution in [1.29, 1.82) is 0 Å².